The smallest absolute Gasteiger partial charge is 0.120 e. The quantitative estimate of drug-likeness (QED) is 0.622. The number of likely N-dealkylation sites (tertiary alicyclic amines) is 1. The maximum atomic E-state index is 14.6. The van der Waals surface area contributed by atoms with E-state index < -0.39 is 6.17 Å². The molecule has 0 aliphatic carbocycles. The molecule has 3 nitrogen and oxygen atoms in total. The molecule has 3 aromatic rings. The first-order valence-electron chi connectivity index (χ1n) is 8.86. The van der Waals surface area contributed by atoms with Gasteiger partial charge in [0, 0.05) is 23.4 Å². The van der Waals surface area contributed by atoms with E-state index in [0.717, 1.165) is 47.1 Å². The summed E-state index contributed by atoms with van der Waals surface area (Å²) in [4.78, 5) is 2.16. The van der Waals surface area contributed by atoms with E-state index in [1.165, 1.54) is 0 Å². The lowest BCUT2D eigenvalue weighted by Gasteiger charge is -2.34. The van der Waals surface area contributed by atoms with Gasteiger partial charge in [-0.2, -0.15) is 5.10 Å². The molecule has 1 N–H and O–H groups in total. The zero-order valence-electron chi connectivity index (χ0n) is 14.5. The largest absolute Gasteiger partial charge is 0.301 e. The molecule has 0 amide bonds. The van der Waals surface area contributed by atoms with Crippen LogP contribution in [0.3, 0.4) is 0 Å². The van der Waals surface area contributed by atoms with E-state index in [-0.39, 0.29) is 5.92 Å². The van der Waals surface area contributed by atoms with Crippen molar-refractivity contribution in [1.82, 2.24) is 15.1 Å². The Labute approximate surface area is 162 Å². The van der Waals surface area contributed by atoms with E-state index in [1.54, 1.807) is 6.20 Å². The fraction of sp³-hybridized carbons (Fsp3) is 0.350. The Balaban J connectivity index is 1.64. The van der Waals surface area contributed by atoms with Crippen molar-refractivity contribution in [3.05, 3.63) is 52.1 Å². The van der Waals surface area contributed by atoms with Crippen LogP contribution in [0.5, 0.6) is 0 Å². The summed E-state index contributed by atoms with van der Waals surface area (Å²) in [7, 11) is 0. The summed E-state index contributed by atoms with van der Waals surface area (Å²) < 4.78 is 14.6. The van der Waals surface area contributed by atoms with Gasteiger partial charge in [-0.3, -0.25) is 5.10 Å². The molecule has 2 atom stereocenters. The highest BCUT2D eigenvalue weighted by Gasteiger charge is 2.29. The number of halogens is 3. The minimum absolute atomic E-state index is 0.0407. The number of aromatic nitrogens is 2. The Hall–Kier alpha value is -1.62. The Morgan fingerprint density at radius 1 is 1.27 bits per heavy atom. The predicted molar refractivity (Wildman–Crippen MR) is 106 cm³/mol. The molecule has 2 aromatic carbocycles. The van der Waals surface area contributed by atoms with E-state index in [0.29, 0.717) is 16.6 Å². The van der Waals surface area contributed by atoms with Gasteiger partial charge in [0.15, 0.2) is 0 Å². The van der Waals surface area contributed by atoms with Gasteiger partial charge in [0.1, 0.15) is 6.17 Å². The fourth-order valence-electron chi connectivity index (χ4n) is 3.79. The Morgan fingerprint density at radius 3 is 2.73 bits per heavy atom. The van der Waals surface area contributed by atoms with Crippen molar-refractivity contribution in [1.29, 1.82) is 0 Å². The molecule has 1 saturated heterocycles. The van der Waals surface area contributed by atoms with Crippen molar-refractivity contribution in [2.75, 3.05) is 19.6 Å². The average Bonchev–Trinajstić information content (AvgIpc) is 3.16. The van der Waals surface area contributed by atoms with Gasteiger partial charge in [-0.05, 0) is 36.7 Å². The molecule has 4 rings (SSSR count). The van der Waals surface area contributed by atoms with E-state index in [4.69, 9.17) is 23.2 Å². The fourth-order valence-corrected chi connectivity index (χ4v) is 4.35. The molecular formula is C20H20Cl2FN3. The zero-order chi connectivity index (χ0) is 18.3. The second-order valence-electron chi connectivity index (χ2n) is 6.81. The minimum Gasteiger partial charge on any atom is -0.301 e. The van der Waals surface area contributed by atoms with Crippen LogP contribution in [-0.2, 0) is 0 Å². The SMILES string of the molecule is CCN1CC[C@@H](c2ccc(-c3cc(Cl)c4cn[nH]c4c3Cl)cc2)[C@H](F)C1. The second-order valence-corrected chi connectivity index (χ2v) is 7.59. The maximum Gasteiger partial charge on any atom is 0.120 e. The summed E-state index contributed by atoms with van der Waals surface area (Å²) in [6.45, 7) is 4.44. The predicted octanol–water partition coefficient (Wildman–Crippen LogP) is 5.68. The Morgan fingerprint density at radius 2 is 2.04 bits per heavy atom. The summed E-state index contributed by atoms with van der Waals surface area (Å²) in [6.07, 6.45) is 1.69. The van der Waals surface area contributed by atoms with Crippen LogP contribution in [0.2, 0.25) is 10.0 Å². The van der Waals surface area contributed by atoms with Crippen molar-refractivity contribution in [3.63, 3.8) is 0 Å². The zero-order valence-corrected chi connectivity index (χ0v) is 16.0. The summed E-state index contributed by atoms with van der Waals surface area (Å²) in [6, 6.07) is 9.86. The van der Waals surface area contributed by atoms with Gasteiger partial charge in [0.05, 0.1) is 21.8 Å². The van der Waals surface area contributed by atoms with E-state index in [2.05, 4.69) is 22.0 Å². The lowest BCUT2D eigenvalue weighted by molar-refractivity contribution is 0.122. The number of piperidine rings is 1. The number of H-pyrrole nitrogens is 1. The molecule has 1 aliphatic rings. The van der Waals surface area contributed by atoms with Gasteiger partial charge in [-0.15, -0.1) is 0 Å². The van der Waals surface area contributed by atoms with Gasteiger partial charge >= 0.3 is 0 Å². The van der Waals surface area contributed by atoms with Crippen LogP contribution in [0.15, 0.2) is 36.5 Å². The molecular weight excluding hydrogens is 372 g/mol. The summed E-state index contributed by atoms with van der Waals surface area (Å²) in [5.41, 5.74) is 3.58. The third-order valence-electron chi connectivity index (χ3n) is 5.35. The third kappa shape index (κ3) is 3.11. The van der Waals surface area contributed by atoms with E-state index in [9.17, 15) is 4.39 Å². The molecule has 6 heteroatoms. The van der Waals surface area contributed by atoms with Crippen molar-refractivity contribution in [3.8, 4) is 11.1 Å². The summed E-state index contributed by atoms with van der Waals surface area (Å²) >= 11 is 12.9. The van der Waals surface area contributed by atoms with Gasteiger partial charge in [0.2, 0.25) is 0 Å². The van der Waals surface area contributed by atoms with Crippen LogP contribution in [0.25, 0.3) is 22.0 Å². The number of rotatable bonds is 3. The van der Waals surface area contributed by atoms with Crippen LogP contribution in [0.1, 0.15) is 24.8 Å². The first-order valence-corrected chi connectivity index (χ1v) is 9.62. The van der Waals surface area contributed by atoms with Crippen LogP contribution in [0.4, 0.5) is 4.39 Å². The van der Waals surface area contributed by atoms with Crippen LogP contribution in [0, 0.1) is 0 Å². The van der Waals surface area contributed by atoms with Crippen LogP contribution >= 0.6 is 23.2 Å². The molecule has 0 saturated carbocycles. The number of fused-ring (bicyclic) bond motifs is 1. The van der Waals surface area contributed by atoms with Crippen molar-refractivity contribution >= 4 is 34.1 Å². The number of nitrogens with one attached hydrogen (secondary N) is 1. The number of alkyl halides is 1. The van der Waals surface area contributed by atoms with Crippen LogP contribution < -0.4 is 0 Å². The number of nitrogens with zero attached hydrogens (tertiary/aromatic N) is 2. The molecule has 0 unspecified atom stereocenters. The molecule has 0 radical (unpaired) electrons. The van der Waals surface area contributed by atoms with E-state index >= 15 is 0 Å². The van der Waals surface area contributed by atoms with Crippen molar-refractivity contribution in [2.24, 2.45) is 0 Å². The van der Waals surface area contributed by atoms with E-state index in [1.807, 2.05) is 30.3 Å². The molecule has 0 bridgehead atoms. The maximum absolute atomic E-state index is 14.6. The number of hydrogen-bond donors (Lipinski definition) is 1. The van der Waals surface area contributed by atoms with Crippen molar-refractivity contribution in [2.45, 2.75) is 25.4 Å². The molecule has 1 aromatic heterocycles. The highest BCUT2D eigenvalue weighted by molar-refractivity contribution is 6.42. The minimum atomic E-state index is -0.825. The molecule has 2 heterocycles. The Bertz CT molecular complexity index is 923. The Kier molecular flexibility index (Phi) is 4.91. The molecule has 26 heavy (non-hydrogen) atoms. The molecule has 1 aliphatic heterocycles. The highest BCUT2D eigenvalue weighted by atomic mass is 35.5. The van der Waals surface area contributed by atoms with Crippen molar-refractivity contribution < 1.29 is 4.39 Å². The summed E-state index contributed by atoms with van der Waals surface area (Å²) in [5, 5.41) is 8.91. The molecule has 1 fully saturated rings. The van der Waals surface area contributed by atoms with Gasteiger partial charge in [-0.1, -0.05) is 54.4 Å². The molecule has 136 valence electrons. The average molecular weight is 392 g/mol. The standard InChI is InChI=1S/C20H20Cl2FN3/c1-2-26-8-7-14(18(23)11-26)12-3-5-13(6-4-12)15-9-17(21)16-10-24-25-20(16)19(15)22/h3-6,9-10,14,18H,2,7-8,11H2,1H3,(H,24,25)/t14-,18+/m0/s1. The normalized spacial score (nSPS) is 21.4. The van der Waals surface area contributed by atoms with Gasteiger partial charge < -0.3 is 4.90 Å². The highest BCUT2D eigenvalue weighted by Crippen LogP contribution is 2.38. The lowest BCUT2D eigenvalue weighted by Crippen LogP contribution is -2.40. The first kappa shape index (κ1) is 17.8. The van der Waals surface area contributed by atoms with Gasteiger partial charge in [-0.25, -0.2) is 4.39 Å². The lowest BCUT2D eigenvalue weighted by atomic mass is 9.87. The van der Waals surface area contributed by atoms with Gasteiger partial charge in [0.25, 0.3) is 0 Å². The monoisotopic (exact) mass is 391 g/mol. The van der Waals surface area contributed by atoms with Crippen LogP contribution in [-0.4, -0.2) is 40.9 Å². The number of aromatic amines is 1. The topological polar surface area (TPSA) is 31.9 Å². The number of benzene rings is 2. The third-order valence-corrected chi connectivity index (χ3v) is 6.05. The molecule has 0 spiro atoms. The second kappa shape index (κ2) is 7.18. The summed E-state index contributed by atoms with van der Waals surface area (Å²) in [5.74, 6) is -0.0407. The first-order chi connectivity index (χ1) is 12.6. The number of hydrogen-bond acceptors (Lipinski definition) is 2.